The number of hydrogen-bond donors (Lipinski definition) is 0. The Morgan fingerprint density at radius 3 is 2.62 bits per heavy atom. The summed E-state index contributed by atoms with van der Waals surface area (Å²) in [7, 11) is 3.20. The van der Waals surface area contributed by atoms with Crippen molar-refractivity contribution in [3.8, 4) is 11.5 Å². The second kappa shape index (κ2) is 7.47. The van der Waals surface area contributed by atoms with Gasteiger partial charge in [0.05, 0.1) is 14.2 Å². The second-order valence-electron chi connectivity index (χ2n) is 6.10. The van der Waals surface area contributed by atoms with Crippen molar-refractivity contribution in [2.45, 2.75) is 20.4 Å². The maximum Gasteiger partial charge on any atom is 0.274 e. The molecule has 6 nitrogen and oxygen atoms in total. The van der Waals surface area contributed by atoms with Gasteiger partial charge in [0.15, 0.2) is 11.5 Å². The zero-order valence-electron chi connectivity index (χ0n) is 15.5. The van der Waals surface area contributed by atoms with Gasteiger partial charge in [-0.3, -0.25) is 4.79 Å². The zero-order chi connectivity index (χ0) is 18.7. The van der Waals surface area contributed by atoms with Crippen LogP contribution in [0, 0.1) is 6.92 Å². The number of ether oxygens (including phenoxy) is 2. The van der Waals surface area contributed by atoms with Crippen LogP contribution in [0.25, 0.3) is 5.65 Å². The molecule has 2 aromatic heterocycles. The van der Waals surface area contributed by atoms with Crippen LogP contribution >= 0.6 is 0 Å². The number of methoxy groups -OCH3 is 2. The number of aryl methyl sites for hydroxylation is 1. The minimum absolute atomic E-state index is 0.0939. The highest BCUT2D eigenvalue weighted by Gasteiger charge is 2.18. The molecule has 0 N–H and O–H groups in total. The van der Waals surface area contributed by atoms with Gasteiger partial charge in [-0.25, -0.2) is 4.98 Å². The van der Waals surface area contributed by atoms with E-state index in [1.54, 1.807) is 25.3 Å². The molecule has 0 fully saturated rings. The van der Waals surface area contributed by atoms with Crippen LogP contribution in [0.3, 0.4) is 0 Å². The summed E-state index contributed by atoms with van der Waals surface area (Å²) in [6, 6.07) is 9.62. The molecule has 0 aliphatic rings. The van der Waals surface area contributed by atoms with Crippen LogP contribution in [0.1, 0.15) is 28.5 Å². The first kappa shape index (κ1) is 17.8. The normalized spacial score (nSPS) is 10.8. The molecule has 0 radical (unpaired) electrons. The van der Waals surface area contributed by atoms with E-state index in [1.165, 1.54) is 0 Å². The predicted octanol–water partition coefficient (Wildman–Crippen LogP) is 3.32. The number of benzene rings is 1. The predicted molar refractivity (Wildman–Crippen MR) is 99.9 cm³/mol. The van der Waals surface area contributed by atoms with Crippen molar-refractivity contribution in [1.82, 2.24) is 14.3 Å². The van der Waals surface area contributed by atoms with Crippen molar-refractivity contribution in [2.75, 3.05) is 20.8 Å². The van der Waals surface area contributed by atoms with E-state index in [9.17, 15) is 4.79 Å². The van der Waals surface area contributed by atoms with Crippen LogP contribution in [0.2, 0.25) is 0 Å². The maximum absolute atomic E-state index is 12.9. The fourth-order valence-corrected chi connectivity index (χ4v) is 2.88. The van der Waals surface area contributed by atoms with Gasteiger partial charge in [0, 0.05) is 25.5 Å². The van der Waals surface area contributed by atoms with Gasteiger partial charge >= 0.3 is 0 Å². The van der Waals surface area contributed by atoms with Gasteiger partial charge in [-0.05, 0) is 49.2 Å². The molecule has 0 unspecified atom stereocenters. The van der Waals surface area contributed by atoms with E-state index < -0.39 is 0 Å². The number of imidazole rings is 1. The summed E-state index contributed by atoms with van der Waals surface area (Å²) in [5.41, 5.74) is 3.30. The second-order valence-corrected chi connectivity index (χ2v) is 6.10. The zero-order valence-corrected chi connectivity index (χ0v) is 15.5. The van der Waals surface area contributed by atoms with E-state index in [-0.39, 0.29) is 5.91 Å². The number of nitrogens with zero attached hydrogens (tertiary/aromatic N) is 3. The number of rotatable bonds is 6. The van der Waals surface area contributed by atoms with Crippen molar-refractivity contribution in [3.63, 3.8) is 0 Å². The van der Waals surface area contributed by atoms with E-state index >= 15 is 0 Å². The lowest BCUT2D eigenvalue weighted by Gasteiger charge is -2.20. The molecule has 0 saturated carbocycles. The molecule has 3 rings (SSSR count). The Kier molecular flexibility index (Phi) is 5.11. The van der Waals surface area contributed by atoms with Gasteiger partial charge in [0.25, 0.3) is 5.91 Å². The summed E-state index contributed by atoms with van der Waals surface area (Å²) < 4.78 is 12.5. The summed E-state index contributed by atoms with van der Waals surface area (Å²) in [5, 5.41) is 0. The van der Waals surface area contributed by atoms with Gasteiger partial charge < -0.3 is 18.8 Å². The molecule has 1 aromatic carbocycles. The summed E-state index contributed by atoms with van der Waals surface area (Å²) >= 11 is 0. The van der Waals surface area contributed by atoms with Gasteiger partial charge in [-0.15, -0.1) is 0 Å². The van der Waals surface area contributed by atoms with Gasteiger partial charge in [-0.1, -0.05) is 6.07 Å². The molecule has 2 heterocycles. The Morgan fingerprint density at radius 1 is 1.15 bits per heavy atom. The average Bonchev–Trinajstić information content (AvgIpc) is 3.08. The highest BCUT2D eigenvalue weighted by atomic mass is 16.5. The Hall–Kier alpha value is -3.02. The molecular weight excluding hydrogens is 330 g/mol. The largest absolute Gasteiger partial charge is 0.493 e. The number of carbonyl (C=O) groups is 1. The van der Waals surface area contributed by atoms with Crippen LogP contribution in [-0.2, 0) is 6.54 Å². The van der Waals surface area contributed by atoms with Crippen molar-refractivity contribution < 1.29 is 14.3 Å². The summed E-state index contributed by atoms with van der Waals surface area (Å²) in [6.07, 6.45) is 3.69. The van der Waals surface area contributed by atoms with E-state index in [1.807, 2.05) is 54.8 Å². The van der Waals surface area contributed by atoms with Gasteiger partial charge in [0.2, 0.25) is 0 Å². The molecule has 0 saturated heterocycles. The smallest absolute Gasteiger partial charge is 0.274 e. The van der Waals surface area contributed by atoms with Crippen LogP contribution < -0.4 is 9.47 Å². The molecule has 0 bridgehead atoms. The quantitative estimate of drug-likeness (QED) is 0.682. The third-order valence-electron chi connectivity index (χ3n) is 4.33. The minimum atomic E-state index is -0.0939. The SMILES string of the molecule is CCN(Cc1ccc(OC)c(OC)c1)C(=O)c1cn2ccc(C)cc2n1. The third-order valence-corrected chi connectivity index (χ3v) is 4.33. The summed E-state index contributed by atoms with van der Waals surface area (Å²) in [6.45, 7) is 5.02. The van der Waals surface area contributed by atoms with Crippen molar-refractivity contribution >= 4 is 11.6 Å². The molecule has 6 heteroatoms. The monoisotopic (exact) mass is 353 g/mol. The van der Waals surface area contributed by atoms with Crippen LogP contribution in [0.15, 0.2) is 42.7 Å². The molecule has 0 aliphatic carbocycles. The lowest BCUT2D eigenvalue weighted by atomic mass is 10.2. The first-order valence-electron chi connectivity index (χ1n) is 8.51. The topological polar surface area (TPSA) is 56.1 Å². The highest BCUT2D eigenvalue weighted by molar-refractivity contribution is 5.92. The number of aromatic nitrogens is 2. The van der Waals surface area contributed by atoms with E-state index in [0.717, 1.165) is 16.8 Å². The van der Waals surface area contributed by atoms with E-state index in [2.05, 4.69) is 4.98 Å². The molecule has 0 atom stereocenters. The summed E-state index contributed by atoms with van der Waals surface area (Å²) in [4.78, 5) is 19.1. The molecule has 26 heavy (non-hydrogen) atoms. The lowest BCUT2D eigenvalue weighted by Crippen LogP contribution is -2.30. The number of hydrogen-bond acceptors (Lipinski definition) is 4. The number of pyridine rings is 1. The molecular formula is C20H23N3O3. The number of fused-ring (bicyclic) bond motifs is 1. The van der Waals surface area contributed by atoms with Crippen LogP contribution in [0.4, 0.5) is 0 Å². The minimum Gasteiger partial charge on any atom is -0.493 e. The van der Waals surface area contributed by atoms with E-state index in [4.69, 9.17) is 9.47 Å². The Balaban J connectivity index is 1.84. The molecule has 0 spiro atoms. The van der Waals surface area contributed by atoms with Crippen LogP contribution in [0.5, 0.6) is 11.5 Å². The fraction of sp³-hybridized carbons (Fsp3) is 0.300. The first-order valence-corrected chi connectivity index (χ1v) is 8.51. The number of amides is 1. The first-order chi connectivity index (χ1) is 12.5. The maximum atomic E-state index is 12.9. The standard InChI is InChI=1S/C20H23N3O3/c1-5-22(12-15-6-7-17(25-3)18(11-15)26-4)20(24)16-13-23-9-8-14(2)10-19(23)21-16/h6-11,13H,5,12H2,1-4H3. The Morgan fingerprint density at radius 2 is 1.92 bits per heavy atom. The van der Waals surface area contributed by atoms with Crippen molar-refractivity contribution in [1.29, 1.82) is 0 Å². The third kappa shape index (κ3) is 3.49. The fourth-order valence-electron chi connectivity index (χ4n) is 2.88. The Bertz CT molecular complexity index is 933. The molecule has 3 aromatic rings. The Labute approximate surface area is 153 Å². The number of carbonyl (C=O) groups excluding carboxylic acids is 1. The molecule has 1 amide bonds. The van der Waals surface area contributed by atoms with Gasteiger partial charge in [-0.2, -0.15) is 0 Å². The van der Waals surface area contributed by atoms with Crippen molar-refractivity contribution in [3.05, 3.63) is 59.5 Å². The van der Waals surface area contributed by atoms with Gasteiger partial charge in [0.1, 0.15) is 11.3 Å². The van der Waals surface area contributed by atoms with Crippen LogP contribution in [-0.4, -0.2) is 41.0 Å². The molecule has 136 valence electrons. The average molecular weight is 353 g/mol. The van der Waals surface area contributed by atoms with Crippen molar-refractivity contribution in [2.24, 2.45) is 0 Å². The molecule has 0 aliphatic heterocycles. The summed E-state index contributed by atoms with van der Waals surface area (Å²) in [5.74, 6) is 1.22. The lowest BCUT2D eigenvalue weighted by molar-refractivity contribution is 0.0747. The highest BCUT2D eigenvalue weighted by Crippen LogP contribution is 2.28. The van der Waals surface area contributed by atoms with E-state index in [0.29, 0.717) is 30.3 Å².